The van der Waals surface area contributed by atoms with E-state index >= 15 is 0 Å². The number of nitrogens with two attached hydrogens (primary N) is 1. The van der Waals surface area contributed by atoms with Crippen LogP contribution in [-0.4, -0.2) is 6.61 Å². The van der Waals surface area contributed by atoms with Gasteiger partial charge >= 0.3 is 0 Å². The van der Waals surface area contributed by atoms with E-state index in [1.165, 1.54) is 17.5 Å². The molecule has 0 radical (unpaired) electrons. The molecule has 0 saturated carbocycles. The van der Waals surface area contributed by atoms with Crippen LogP contribution in [0.4, 0.5) is 0 Å². The standard InChI is InChI=1S/C14H19NO/c1-2-3-9-16-12-8-7-11-5-4-6-14(15)13(11)10-12/h2,7-8,10,14H,1,3-6,9,15H2. The highest BCUT2D eigenvalue weighted by molar-refractivity contribution is 5.39. The molecule has 1 aliphatic carbocycles. The number of hydrogen-bond acceptors (Lipinski definition) is 2. The summed E-state index contributed by atoms with van der Waals surface area (Å²) in [5, 5.41) is 0. The maximum Gasteiger partial charge on any atom is 0.119 e. The van der Waals surface area contributed by atoms with Gasteiger partial charge in [-0.1, -0.05) is 12.1 Å². The summed E-state index contributed by atoms with van der Waals surface area (Å²) in [7, 11) is 0. The van der Waals surface area contributed by atoms with Gasteiger partial charge in [-0.15, -0.1) is 6.58 Å². The zero-order valence-corrected chi connectivity index (χ0v) is 9.61. The fourth-order valence-electron chi connectivity index (χ4n) is 2.16. The van der Waals surface area contributed by atoms with Crippen LogP contribution in [0.15, 0.2) is 30.9 Å². The molecule has 0 saturated heterocycles. The van der Waals surface area contributed by atoms with Crippen LogP contribution in [0.5, 0.6) is 5.75 Å². The first-order valence-corrected chi connectivity index (χ1v) is 5.93. The largest absolute Gasteiger partial charge is 0.493 e. The molecule has 0 amide bonds. The van der Waals surface area contributed by atoms with Crippen LogP contribution in [0.3, 0.4) is 0 Å². The van der Waals surface area contributed by atoms with Gasteiger partial charge in [-0.2, -0.15) is 0 Å². The molecule has 0 fully saturated rings. The number of rotatable bonds is 4. The summed E-state index contributed by atoms with van der Waals surface area (Å²) < 4.78 is 5.63. The Labute approximate surface area is 97.1 Å². The highest BCUT2D eigenvalue weighted by atomic mass is 16.5. The van der Waals surface area contributed by atoms with E-state index in [1.54, 1.807) is 0 Å². The first kappa shape index (κ1) is 11.2. The van der Waals surface area contributed by atoms with Crippen molar-refractivity contribution in [3.8, 4) is 5.75 Å². The average Bonchev–Trinajstić information content (AvgIpc) is 2.30. The third kappa shape index (κ3) is 2.45. The molecular formula is C14H19NO. The Kier molecular flexibility index (Phi) is 3.62. The Morgan fingerprint density at radius 2 is 2.38 bits per heavy atom. The zero-order chi connectivity index (χ0) is 11.4. The summed E-state index contributed by atoms with van der Waals surface area (Å²) in [6.07, 6.45) is 6.18. The number of aryl methyl sites for hydroxylation is 1. The molecule has 1 unspecified atom stereocenters. The monoisotopic (exact) mass is 217 g/mol. The Morgan fingerprint density at radius 3 is 3.19 bits per heavy atom. The van der Waals surface area contributed by atoms with Crippen molar-refractivity contribution in [2.45, 2.75) is 31.7 Å². The predicted molar refractivity (Wildman–Crippen MR) is 66.6 cm³/mol. The second kappa shape index (κ2) is 5.17. The van der Waals surface area contributed by atoms with E-state index in [4.69, 9.17) is 10.5 Å². The maximum atomic E-state index is 6.10. The molecule has 0 aromatic heterocycles. The SMILES string of the molecule is C=CCCOc1ccc2c(c1)C(N)CCC2. The van der Waals surface area contributed by atoms with Gasteiger partial charge in [0.2, 0.25) is 0 Å². The van der Waals surface area contributed by atoms with Gasteiger partial charge in [-0.3, -0.25) is 0 Å². The molecular weight excluding hydrogens is 198 g/mol. The number of ether oxygens (including phenoxy) is 1. The summed E-state index contributed by atoms with van der Waals surface area (Å²) in [5.41, 5.74) is 8.75. The first-order valence-electron chi connectivity index (χ1n) is 5.93. The van der Waals surface area contributed by atoms with Crippen molar-refractivity contribution in [2.75, 3.05) is 6.61 Å². The minimum absolute atomic E-state index is 0.187. The van der Waals surface area contributed by atoms with Crippen LogP contribution < -0.4 is 10.5 Å². The Hall–Kier alpha value is -1.28. The third-order valence-corrected chi connectivity index (χ3v) is 3.07. The van der Waals surface area contributed by atoms with Gasteiger partial charge in [0, 0.05) is 6.04 Å². The van der Waals surface area contributed by atoms with E-state index in [1.807, 2.05) is 12.1 Å². The molecule has 2 heteroatoms. The average molecular weight is 217 g/mol. The van der Waals surface area contributed by atoms with Gasteiger partial charge in [-0.25, -0.2) is 0 Å². The van der Waals surface area contributed by atoms with Crippen LogP contribution in [-0.2, 0) is 6.42 Å². The summed E-state index contributed by atoms with van der Waals surface area (Å²) in [6.45, 7) is 4.37. The number of benzene rings is 1. The molecule has 2 nitrogen and oxygen atoms in total. The fourth-order valence-corrected chi connectivity index (χ4v) is 2.16. The topological polar surface area (TPSA) is 35.2 Å². The molecule has 0 heterocycles. The number of hydrogen-bond donors (Lipinski definition) is 1. The minimum Gasteiger partial charge on any atom is -0.493 e. The minimum atomic E-state index is 0.187. The van der Waals surface area contributed by atoms with Gasteiger partial charge < -0.3 is 10.5 Å². The van der Waals surface area contributed by atoms with Crippen molar-refractivity contribution >= 4 is 0 Å². The highest BCUT2D eigenvalue weighted by Crippen LogP contribution is 2.30. The molecule has 1 atom stereocenters. The molecule has 1 aliphatic rings. The summed E-state index contributed by atoms with van der Waals surface area (Å²) in [6, 6.07) is 6.48. The molecule has 0 bridgehead atoms. The lowest BCUT2D eigenvalue weighted by atomic mass is 9.88. The van der Waals surface area contributed by atoms with Gasteiger partial charge in [-0.05, 0) is 48.9 Å². The van der Waals surface area contributed by atoms with Crippen molar-refractivity contribution in [3.05, 3.63) is 42.0 Å². The second-order valence-electron chi connectivity index (χ2n) is 4.29. The quantitative estimate of drug-likeness (QED) is 0.621. The van der Waals surface area contributed by atoms with Crippen LogP contribution in [0, 0.1) is 0 Å². The molecule has 86 valence electrons. The smallest absolute Gasteiger partial charge is 0.119 e. The van der Waals surface area contributed by atoms with Crippen LogP contribution in [0.1, 0.15) is 36.4 Å². The molecule has 1 aromatic rings. The first-order chi connectivity index (χ1) is 7.81. The van der Waals surface area contributed by atoms with E-state index in [0.29, 0.717) is 6.61 Å². The van der Waals surface area contributed by atoms with Crippen molar-refractivity contribution < 1.29 is 4.74 Å². The van der Waals surface area contributed by atoms with E-state index in [0.717, 1.165) is 25.0 Å². The van der Waals surface area contributed by atoms with Crippen LogP contribution in [0.2, 0.25) is 0 Å². The van der Waals surface area contributed by atoms with Gasteiger partial charge in [0.25, 0.3) is 0 Å². The van der Waals surface area contributed by atoms with E-state index in [2.05, 4.69) is 18.7 Å². The molecule has 1 aromatic carbocycles. The van der Waals surface area contributed by atoms with Crippen molar-refractivity contribution in [3.63, 3.8) is 0 Å². The normalized spacial score (nSPS) is 18.9. The lowest BCUT2D eigenvalue weighted by Gasteiger charge is -2.22. The van der Waals surface area contributed by atoms with Crippen molar-refractivity contribution in [1.82, 2.24) is 0 Å². The highest BCUT2D eigenvalue weighted by Gasteiger charge is 2.16. The van der Waals surface area contributed by atoms with Crippen molar-refractivity contribution in [1.29, 1.82) is 0 Å². The Morgan fingerprint density at radius 1 is 1.50 bits per heavy atom. The maximum absolute atomic E-state index is 6.10. The molecule has 16 heavy (non-hydrogen) atoms. The lowest BCUT2D eigenvalue weighted by Crippen LogP contribution is -2.17. The zero-order valence-electron chi connectivity index (χ0n) is 9.61. The van der Waals surface area contributed by atoms with Crippen molar-refractivity contribution in [2.24, 2.45) is 5.73 Å². The molecule has 2 rings (SSSR count). The predicted octanol–water partition coefficient (Wildman–Crippen LogP) is 2.98. The van der Waals surface area contributed by atoms with Gasteiger partial charge in [0.05, 0.1) is 6.61 Å². The Balaban J connectivity index is 2.11. The number of fused-ring (bicyclic) bond motifs is 1. The van der Waals surface area contributed by atoms with Gasteiger partial charge in [0.15, 0.2) is 0 Å². The van der Waals surface area contributed by atoms with E-state index in [9.17, 15) is 0 Å². The molecule has 0 spiro atoms. The third-order valence-electron chi connectivity index (χ3n) is 3.07. The van der Waals surface area contributed by atoms with Crippen LogP contribution >= 0.6 is 0 Å². The van der Waals surface area contributed by atoms with Crippen LogP contribution in [0.25, 0.3) is 0 Å². The van der Waals surface area contributed by atoms with E-state index < -0.39 is 0 Å². The second-order valence-corrected chi connectivity index (χ2v) is 4.29. The van der Waals surface area contributed by atoms with Gasteiger partial charge in [0.1, 0.15) is 5.75 Å². The lowest BCUT2D eigenvalue weighted by molar-refractivity contribution is 0.324. The summed E-state index contributed by atoms with van der Waals surface area (Å²) in [5.74, 6) is 0.929. The summed E-state index contributed by atoms with van der Waals surface area (Å²) >= 11 is 0. The Bertz CT molecular complexity index is 373. The van der Waals surface area contributed by atoms with E-state index in [-0.39, 0.29) is 6.04 Å². The fraction of sp³-hybridized carbons (Fsp3) is 0.429. The summed E-state index contributed by atoms with van der Waals surface area (Å²) in [4.78, 5) is 0. The molecule has 0 aliphatic heterocycles. The molecule has 2 N–H and O–H groups in total.